The Morgan fingerprint density at radius 3 is 2.80 bits per heavy atom. The molecular formula is C2H5IS2. The summed E-state index contributed by atoms with van der Waals surface area (Å²) in [6.45, 7) is 1.54. The van der Waals surface area contributed by atoms with Gasteiger partial charge in [-0.1, -0.05) is 17.7 Å². The predicted molar refractivity (Wildman–Crippen MR) is 39.7 cm³/mol. The minimum atomic E-state index is -1.08. The third-order valence-corrected chi connectivity index (χ3v) is 2.65. The van der Waals surface area contributed by atoms with Crippen molar-refractivity contribution in [3.63, 3.8) is 0 Å². The molecule has 0 saturated heterocycles. The number of rotatable bonds is 2. The van der Waals surface area contributed by atoms with E-state index in [1.807, 2.05) is 0 Å². The number of hydrogen-bond acceptors (Lipinski definition) is 2. The Kier molecular flexibility index (Phi) is 3.73. The monoisotopic (exact) mass is 224 g/mol. The SMILES string of the molecule is [3H]C([3H])(C)SSI. The van der Waals surface area contributed by atoms with Crippen molar-refractivity contribution >= 4 is 40.0 Å². The van der Waals surface area contributed by atoms with Gasteiger partial charge in [-0.15, -0.1) is 0 Å². The summed E-state index contributed by atoms with van der Waals surface area (Å²) in [5, 5.41) is 0. The van der Waals surface area contributed by atoms with Crippen molar-refractivity contribution in [1.82, 2.24) is 0 Å². The zero-order valence-electron chi connectivity index (χ0n) is 4.69. The molecule has 3 heteroatoms. The van der Waals surface area contributed by atoms with E-state index in [9.17, 15) is 0 Å². The molecule has 0 spiro atoms. The van der Waals surface area contributed by atoms with Gasteiger partial charge in [0, 0.05) is 29.7 Å². The van der Waals surface area contributed by atoms with Crippen molar-refractivity contribution in [2.24, 2.45) is 0 Å². The summed E-state index contributed by atoms with van der Waals surface area (Å²) in [6, 6.07) is 0. The van der Waals surface area contributed by atoms with Gasteiger partial charge in [0.2, 0.25) is 0 Å². The first-order chi connectivity index (χ1) is 3.06. The second-order valence-electron chi connectivity index (χ2n) is 0.350. The highest BCUT2D eigenvalue weighted by Gasteiger charge is 1.70. The van der Waals surface area contributed by atoms with Gasteiger partial charge in [0.05, 0.1) is 0 Å². The van der Waals surface area contributed by atoms with E-state index in [-0.39, 0.29) is 0 Å². The molecule has 0 aliphatic carbocycles. The molecule has 0 aromatic carbocycles. The van der Waals surface area contributed by atoms with Gasteiger partial charge < -0.3 is 0 Å². The van der Waals surface area contributed by atoms with Crippen molar-refractivity contribution < 1.29 is 2.74 Å². The summed E-state index contributed by atoms with van der Waals surface area (Å²) in [6.07, 6.45) is 0. The zero-order chi connectivity index (χ0) is 5.91. The van der Waals surface area contributed by atoms with Crippen molar-refractivity contribution in [2.75, 3.05) is 5.70 Å². The molecule has 0 aliphatic heterocycles. The summed E-state index contributed by atoms with van der Waals surface area (Å²) in [5.41, 5.74) is -1.08. The molecule has 0 aromatic rings. The Morgan fingerprint density at radius 1 is 2.20 bits per heavy atom. The number of hydrogen-bond donors (Lipinski definition) is 0. The average molecular weight is 224 g/mol. The van der Waals surface area contributed by atoms with Crippen molar-refractivity contribution in [3.05, 3.63) is 0 Å². The molecule has 0 unspecified atom stereocenters. The lowest BCUT2D eigenvalue weighted by Gasteiger charge is -1.77. The smallest absolute Gasteiger partial charge is 0.0387 e. The third-order valence-electron chi connectivity index (χ3n) is 0.115. The molecule has 32 valence electrons. The van der Waals surface area contributed by atoms with Gasteiger partial charge >= 0.3 is 0 Å². The van der Waals surface area contributed by atoms with E-state index in [0.717, 1.165) is 0 Å². The normalized spacial score (nSPS) is 17.2. The van der Waals surface area contributed by atoms with Gasteiger partial charge in [0.1, 0.15) is 0 Å². The van der Waals surface area contributed by atoms with Crippen LogP contribution in [0.3, 0.4) is 0 Å². The van der Waals surface area contributed by atoms with Crippen LogP contribution in [0.4, 0.5) is 0 Å². The Bertz CT molecular complexity index is 52.1. The molecule has 0 amide bonds. The molecule has 0 heterocycles. The minimum Gasteiger partial charge on any atom is -0.0833 e. The second-order valence-corrected chi connectivity index (χ2v) is 5.17. The van der Waals surface area contributed by atoms with Gasteiger partial charge in [0.25, 0.3) is 0 Å². The predicted octanol–water partition coefficient (Wildman–Crippen LogP) is 2.74. The maximum Gasteiger partial charge on any atom is 0.0387 e. The summed E-state index contributed by atoms with van der Waals surface area (Å²) in [7, 11) is 2.65. The molecule has 0 radical (unpaired) electrons. The molecule has 5 heavy (non-hydrogen) atoms. The highest BCUT2D eigenvalue weighted by molar-refractivity contribution is 14.2. The minimum absolute atomic E-state index is 1.08. The van der Waals surface area contributed by atoms with Gasteiger partial charge in [-0.3, -0.25) is 0 Å². The fraction of sp³-hybridized carbons (Fsp3) is 1.00. The molecular weight excluding hydrogens is 215 g/mol. The lowest BCUT2D eigenvalue weighted by Crippen LogP contribution is -1.47. The average Bonchev–Trinajstić information content (AvgIpc) is 1.30. The van der Waals surface area contributed by atoms with Crippen LogP contribution in [0, 0.1) is 0 Å². The Labute approximate surface area is 55.3 Å². The molecule has 0 fully saturated rings. The van der Waals surface area contributed by atoms with Crippen LogP contribution in [-0.2, 0) is 0 Å². The van der Waals surface area contributed by atoms with Crippen molar-refractivity contribution in [3.8, 4) is 0 Å². The third kappa shape index (κ3) is 5.43. The molecule has 0 saturated carbocycles. The first-order valence-corrected chi connectivity index (χ1v) is 5.72. The molecule has 0 aliphatic rings. The van der Waals surface area contributed by atoms with E-state index in [4.69, 9.17) is 2.74 Å². The van der Waals surface area contributed by atoms with Gasteiger partial charge in [0.15, 0.2) is 0 Å². The number of halogens is 1. The van der Waals surface area contributed by atoms with E-state index >= 15 is 0 Å². The Morgan fingerprint density at radius 2 is 2.80 bits per heavy atom. The summed E-state index contributed by atoms with van der Waals surface area (Å²) >= 11 is 2.05. The Hall–Kier alpha value is 1.43. The van der Waals surface area contributed by atoms with Crippen LogP contribution in [-0.4, -0.2) is 5.70 Å². The second kappa shape index (κ2) is 5.43. The van der Waals surface area contributed by atoms with E-state index in [1.54, 1.807) is 6.92 Å². The highest BCUT2D eigenvalue weighted by atomic mass is 127. The van der Waals surface area contributed by atoms with Crippen LogP contribution < -0.4 is 0 Å². The summed E-state index contributed by atoms with van der Waals surface area (Å²) < 4.78 is 13.9. The van der Waals surface area contributed by atoms with E-state index in [1.165, 1.54) is 18.8 Å². The van der Waals surface area contributed by atoms with E-state index in [2.05, 4.69) is 21.2 Å². The van der Waals surface area contributed by atoms with Crippen LogP contribution >= 0.6 is 40.0 Å². The van der Waals surface area contributed by atoms with Crippen LogP contribution in [0.5, 0.6) is 0 Å². The molecule has 0 nitrogen and oxygen atoms in total. The molecule has 0 bridgehead atoms. The first kappa shape index (κ1) is 3.43. The maximum absolute atomic E-state index is 6.94. The van der Waals surface area contributed by atoms with Gasteiger partial charge in [-0.2, -0.15) is 0 Å². The fourth-order valence-corrected chi connectivity index (χ4v) is 1.90. The topological polar surface area (TPSA) is 0 Å². The van der Waals surface area contributed by atoms with Gasteiger partial charge in [-0.25, -0.2) is 0 Å². The van der Waals surface area contributed by atoms with E-state index in [0.29, 0.717) is 0 Å². The fourth-order valence-electron chi connectivity index (χ4n) is 0.0315. The largest absolute Gasteiger partial charge is 0.0833 e. The van der Waals surface area contributed by atoms with Crippen LogP contribution in [0.2, 0.25) is 0 Å². The molecule has 0 N–H and O–H groups in total. The zero-order valence-corrected chi connectivity index (χ0v) is 6.48. The van der Waals surface area contributed by atoms with Crippen LogP contribution in [0.15, 0.2) is 0 Å². The standard InChI is InChI=1S/C2H5IS2/c1-2-4-5-3/h2H2,1H3/i2T2. The Balaban J connectivity index is 3.15. The lowest BCUT2D eigenvalue weighted by molar-refractivity contribution is 1.54. The summed E-state index contributed by atoms with van der Waals surface area (Å²) in [4.78, 5) is 0. The molecule has 0 atom stereocenters. The molecule has 0 aromatic heterocycles. The summed E-state index contributed by atoms with van der Waals surface area (Å²) in [5.74, 6) is 0. The first-order valence-electron chi connectivity index (χ1n) is 2.03. The lowest BCUT2D eigenvalue weighted by atomic mass is 11.0. The maximum atomic E-state index is 6.94. The quantitative estimate of drug-likeness (QED) is 0.522. The van der Waals surface area contributed by atoms with Crippen LogP contribution in [0.25, 0.3) is 0 Å². The highest BCUT2D eigenvalue weighted by Crippen LogP contribution is 2.27. The van der Waals surface area contributed by atoms with Crippen molar-refractivity contribution in [2.45, 2.75) is 6.92 Å². The molecule has 0 rings (SSSR count). The van der Waals surface area contributed by atoms with Gasteiger partial charge in [-0.05, 0) is 7.97 Å². The van der Waals surface area contributed by atoms with Crippen molar-refractivity contribution in [1.29, 1.82) is 0 Å². The van der Waals surface area contributed by atoms with Crippen LogP contribution in [0.1, 0.15) is 9.67 Å². The van der Waals surface area contributed by atoms with E-state index < -0.39 is 5.70 Å².